The molecule has 6 heteroatoms. The zero-order chi connectivity index (χ0) is 13.8. The Kier molecular flexibility index (Phi) is 3.99. The third-order valence-electron chi connectivity index (χ3n) is 3.79. The second kappa shape index (κ2) is 6.07. The van der Waals surface area contributed by atoms with Gasteiger partial charge in [0.05, 0.1) is 11.6 Å². The minimum atomic E-state index is 0.524. The van der Waals surface area contributed by atoms with Crippen molar-refractivity contribution in [2.24, 2.45) is 0 Å². The zero-order valence-electron chi connectivity index (χ0n) is 11.9. The quantitative estimate of drug-likeness (QED) is 0.781. The second-order valence-electron chi connectivity index (χ2n) is 5.43. The molecular weight excluding hydrogens is 252 g/mol. The number of H-pyrrole nitrogens is 1. The van der Waals surface area contributed by atoms with Gasteiger partial charge in [-0.25, -0.2) is 0 Å². The lowest BCUT2D eigenvalue weighted by Crippen LogP contribution is -2.23. The summed E-state index contributed by atoms with van der Waals surface area (Å²) in [4.78, 5) is 9.06. The van der Waals surface area contributed by atoms with Gasteiger partial charge in [0.25, 0.3) is 0 Å². The molecule has 2 aromatic rings. The molecule has 6 nitrogen and oxygen atoms in total. The van der Waals surface area contributed by atoms with Gasteiger partial charge in [-0.3, -0.25) is 5.10 Å². The first-order valence-electron chi connectivity index (χ1n) is 7.58. The summed E-state index contributed by atoms with van der Waals surface area (Å²) < 4.78 is 0. The van der Waals surface area contributed by atoms with Crippen molar-refractivity contribution >= 4 is 22.8 Å². The molecule has 0 radical (unpaired) electrons. The van der Waals surface area contributed by atoms with E-state index in [0.717, 1.165) is 29.8 Å². The van der Waals surface area contributed by atoms with Crippen LogP contribution in [-0.4, -0.2) is 32.8 Å². The van der Waals surface area contributed by atoms with Gasteiger partial charge in [0.15, 0.2) is 5.65 Å². The van der Waals surface area contributed by atoms with Crippen LogP contribution in [0.4, 0.5) is 11.8 Å². The van der Waals surface area contributed by atoms with Gasteiger partial charge in [0.2, 0.25) is 5.95 Å². The number of aromatic nitrogens is 4. The van der Waals surface area contributed by atoms with Crippen LogP contribution in [0.5, 0.6) is 0 Å². The zero-order valence-corrected chi connectivity index (χ0v) is 11.9. The number of nitrogens with one attached hydrogen (secondary N) is 3. The standard InChI is InChI=1S/C14H22N6/c1-2-8-15-14-18-12(11-9-16-20-13(11)19-14)17-10-6-4-3-5-7-10/h9-10H,2-8H2,1H3,(H3,15,16,17,18,19,20). The molecule has 1 saturated carbocycles. The average molecular weight is 274 g/mol. The fraction of sp³-hybridized carbons (Fsp3) is 0.643. The molecule has 2 heterocycles. The fourth-order valence-electron chi connectivity index (χ4n) is 2.70. The number of hydrogen-bond donors (Lipinski definition) is 3. The smallest absolute Gasteiger partial charge is 0.226 e. The van der Waals surface area contributed by atoms with E-state index in [4.69, 9.17) is 0 Å². The summed E-state index contributed by atoms with van der Waals surface area (Å²) in [6, 6.07) is 0.524. The largest absolute Gasteiger partial charge is 0.367 e. The van der Waals surface area contributed by atoms with Crippen LogP contribution in [0.3, 0.4) is 0 Å². The molecule has 1 fully saturated rings. The number of anilines is 2. The van der Waals surface area contributed by atoms with E-state index in [1.54, 1.807) is 6.20 Å². The monoisotopic (exact) mass is 274 g/mol. The summed E-state index contributed by atoms with van der Waals surface area (Å²) in [6.45, 7) is 3.01. The number of fused-ring (bicyclic) bond motifs is 1. The van der Waals surface area contributed by atoms with Crippen LogP contribution in [0.25, 0.3) is 11.0 Å². The second-order valence-corrected chi connectivity index (χ2v) is 5.43. The molecule has 3 rings (SSSR count). The Labute approximate surface area is 118 Å². The van der Waals surface area contributed by atoms with Crippen molar-refractivity contribution in [3.8, 4) is 0 Å². The Morgan fingerprint density at radius 1 is 1.25 bits per heavy atom. The van der Waals surface area contributed by atoms with Crippen molar-refractivity contribution in [2.45, 2.75) is 51.5 Å². The molecule has 108 valence electrons. The van der Waals surface area contributed by atoms with Gasteiger partial charge < -0.3 is 10.6 Å². The van der Waals surface area contributed by atoms with E-state index in [9.17, 15) is 0 Å². The molecule has 1 aliphatic carbocycles. The predicted octanol–water partition coefficient (Wildman–Crippen LogP) is 2.92. The van der Waals surface area contributed by atoms with Crippen molar-refractivity contribution in [2.75, 3.05) is 17.2 Å². The summed E-state index contributed by atoms with van der Waals surface area (Å²) in [6.07, 6.45) is 9.25. The first kappa shape index (κ1) is 13.1. The fourth-order valence-corrected chi connectivity index (χ4v) is 2.70. The lowest BCUT2D eigenvalue weighted by atomic mass is 9.95. The lowest BCUT2D eigenvalue weighted by Gasteiger charge is -2.23. The molecular formula is C14H22N6. The maximum absolute atomic E-state index is 4.61. The van der Waals surface area contributed by atoms with Crippen LogP contribution in [0.2, 0.25) is 0 Å². The van der Waals surface area contributed by atoms with Gasteiger partial charge in [-0.15, -0.1) is 0 Å². The molecule has 0 spiro atoms. The molecule has 2 aromatic heterocycles. The van der Waals surface area contributed by atoms with E-state index in [-0.39, 0.29) is 0 Å². The minimum absolute atomic E-state index is 0.524. The number of nitrogens with zero attached hydrogens (tertiary/aromatic N) is 3. The Bertz CT molecular complexity index is 558. The molecule has 20 heavy (non-hydrogen) atoms. The third-order valence-corrected chi connectivity index (χ3v) is 3.79. The van der Waals surface area contributed by atoms with E-state index in [0.29, 0.717) is 12.0 Å². The number of hydrogen-bond acceptors (Lipinski definition) is 5. The molecule has 0 unspecified atom stereocenters. The van der Waals surface area contributed by atoms with Gasteiger partial charge in [0.1, 0.15) is 5.82 Å². The third kappa shape index (κ3) is 2.84. The Balaban J connectivity index is 1.84. The topological polar surface area (TPSA) is 78.5 Å². The van der Waals surface area contributed by atoms with Crippen molar-refractivity contribution < 1.29 is 0 Å². The summed E-state index contributed by atoms with van der Waals surface area (Å²) >= 11 is 0. The van der Waals surface area contributed by atoms with Crippen LogP contribution in [0, 0.1) is 0 Å². The highest BCUT2D eigenvalue weighted by Gasteiger charge is 2.16. The van der Waals surface area contributed by atoms with E-state index in [2.05, 4.69) is 37.7 Å². The summed E-state index contributed by atoms with van der Waals surface area (Å²) in [7, 11) is 0. The Morgan fingerprint density at radius 2 is 2.10 bits per heavy atom. The van der Waals surface area contributed by atoms with E-state index < -0.39 is 0 Å². The molecule has 3 N–H and O–H groups in total. The van der Waals surface area contributed by atoms with E-state index in [1.165, 1.54) is 32.1 Å². The van der Waals surface area contributed by atoms with Gasteiger partial charge in [-0.05, 0) is 19.3 Å². The molecule has 1 aliphatic rings. The normalized spacial score (nSPS) is 16.4. The minimum Gasteiger partial charge on any atom is -0.367 e. The van der Waals surface area contributed by atoms with Crippen LogP contribution in [0.15, 0.2) is 6.20 Å². The average Bonchev–Trinajstić information content (AvgIpc) is 2.95. The summed E-state index contributed by atoms with van der Waals surface area (Å²) in [5, 5.41) is 14.8. The van der Waals surface area contributed by atoms with Crippen molar-refractivity contribution in [1.29, 1.82) is 0 Å². The van der Waals surface area contributed by atoms with E-state index in [1.807, 2.05) is 0 Å². The van der Waals surface area contributed by atoms with Gasteiger partial charge >= 0.3 is 0 Å². The molecule has 0 atom stereocenters. The SMILES string of the molecule is CCCNc1nc(NC2CCCCC2)c2cn[nH]c2n1. The van der Waals surface area contributed by atoms with Crippen LogP contribution in [0.1, 0.15) is 45.4 Å². The maximum atomic E-state index is 4.61. The Hall–Kier alpha value is -1.85. The highest BCUT2D eigenvalue weighted by Crippen LogP contribution is 2.25. The van der Waals surface area contributed by atoms with Crippen LogP contribution >= 0.6 is 0 Å². The van der Waals surface area contributed by atoms with Gasteiger partial charge in [-0.1, -0.05) is 26.2 Å². The van der Waals surface area contributed by atoms with Crippen molar-refractivity contribution in [1.82, 2.24) is 20.2 Å². The number of rotatable bonds is 5. The highest BCUT2D eigenvalue weighted by atomic mass is 15.2. The summed E-state index contributed by atoms with van der Waals surface area (Å²) in [5.74, 6) is 1.57. The summed E-state index contributed by atoms with van der Waals surface area (Å²) in [5.41, 5.74) is 0.789. The maximum Gasteiger partial charge on any atom is 0.226 e. The number of aromatic amines is 1. The lowest BCUT2D eigenvalue weighted by molar-refractivity contribution is 0.462. The molecule has 0 saturated heterocycles. The molecule has 0 aliphatic heterocycles. The van der Waals surface area contributed by atoms with E-state index >= 15 is 0 Å². The van der Waals surface area contributed by atoms with Crippen LogP contribution in [-0.2, 0) is 0 Å². The molecule has 0 aromatic carbocycles. The first-order chi connectivity index (χ1) is 9.86. The Morgan fingerprint density at radius 3 is 2.90 bits per heavy atom. The molecule has 0 amide bonds. The van der Waals surface area contributed by atoms with Crippen molar-refractivity contribution in [3.05, 3.63) is 6.20 Å². The van der Waals surface area contributed by atoms with Gasteiger partial charge in [-0.2, -0.15) is 15.1 Å². The highest BCUT2D eigenvalue weighted by molar-refractivity contribution is 5.87. The predicted molar refractivity (Wildman–Crippen MR) is 81.0 cm³/mol. The first-order valence-corrected chi connectivity index (χ1v) is 7.58. The van der Waals surface area contributed by atoms with Gasteiger partial charge in [0, 0.05) is 12.6 Å². The van der Waals surface area contributed by atoms with Crippen molar-refractivity contribution in [3.63, 3.8) is 0 Å². The molecule has 0 bridgehead atoms. The van der Waals surface area contributed by atoms with Crippen LogP contribution < -0.4 is 10.6 Å².